The Morgan fingerprint density at radius 2 is 1.75 bits per heavy atom. The molecule has 1 unspecified atom stereocenters. The molecule has 1 aromatic heterocycles. The summed E-state index contributed by atoms with van der Waals surface area (Å²) >= 11 is 1.71. The third kappa shape index (κ3) is 4.09. The molecule has 3 rings (SSSR count). The molecule has 0 fully saturated rings. The zero-order valence-corrected chi connectivity index (χ0v) is 14.6. The van der Waals surface area contributed by atoms with Gasteiger partial charge in [0.25, 0.3) is 0 Å². The van der Waals surface area contributed by atoms with Crippen molar-refractivity contribution in [2.75, 3.05) is 0 Å². The van der Waals surface area contributed by atoms with E-state index in [0.29, 0.717) is 0 Å². The van der Waals surface area contributed by atoms with Gasteiger partial charge in [0, 0.05) is 17.5 Å². The molecule has 124 valence electrons. The van der Waals surface area contributed by atoms with E-state index < -0.39 is 0 Å². The van der Waals surface area contributed by atoms with Gasteiger partial charge >= 0.3 is 0 Å². The second kappa shape index (κ2) is 8.20. The van der Waals surface area contributed by atoms with Crippen LogP contribution < -0.4 is 5.32 Å². The summed E-state index contributed by atoms with van der Waals surface area (Å²) in [6.07, 6.45) is 0.996. The number of rotatable bonds is 7. The van der Waals surface area contributed by atoms with E-state index in [1.54, 1.807) is 11.3 Å². The molecule has 3 nitrogen and oxygen atoms in total. The second-order valence-corrected chi connectivity index (χ2v) is 6.64. The largest absolute Gasteiger partial charge is 0.392 e. The Kier molecular flexibility index (Phi) is 5.75. The number of thiazole rings is 1. The van der Waals surface area contributed by atoms with Gasteiger partial charge in [-0.1, -0.05) is 61.5 Å². The van der Waals surface area contributed by atoms with Crippen molar-refractivity contribution in [3.8, 4) is 11.3 Å². The van der Waals surface area contributed by atoms with Crippen molar-refractivity contribution in [2.24, 2.45) is 0 Å². The zero-order chi connectivity index (χ0) is 16.8. The highest BCUT2D eigenvalue weighted by atomic mass is 32.1. The summed E-state index contributed by atoms with van der Waals surface area (Å²) in [7, 11) is 0. The Morgan fingerprint density at radius 3 is 2.42 bits per heavy atom. The zero-order valence-electron chi connectivity index (χ0n) is 13.8. The van der Waals surface area contributed by atoms with Crippen molar-refractivity contribution in [3.63, 3.8) is 0 Å². The Bertz CT molecular complexity index is 753. The minimum Gasteiger partial charge on any atom is -0.392 e. The number of hydrogen-bond acceptors (Lipinski definition) is 4. The maximum absolute atomic E-state index is 9.11. The molecule has 3 aromatic rings. The standard InChI is InChI=1S/C20H22N2OS/c1-2-18(21-12-15-8-10-16(13-23)11-9-15)20-22-19(14-24-20)17-6-4-3-5-7-17/h3-11,14,18,21,23H,2,12-13H2,1H3. The van der Waals surface area contributed by atoms with Crippen LogP contribution in [0.15, 0.2) is 60.0 Å². The first kappa shape index (κ1) is 16.8. The summed E-state index contributed by atoms with van der Waals surface area (Å²) in [5.74, 6) is 0. The van der Waals surface area contributed by atoms with Crippen LogP contribution in [-0.4, -0.2) is 10.1 Å². The third-order valence-corrected chi connectivity index (χ3v) is 5.01. The van der Waals surface area contributed by atoms with E-state index in [-0.39, 0.29) is 12.6 Å². The van der Waals surface area contributed by atoms with Crippen LogP contribution in [0.1, 0.15) is 35.5 Å². The fourth-order valence-electron chi connectivity index (χ4n) is 2.60. The van der Waals surface area contributed by atoms with Crippen LogP contribution in [0, 0.1) is 0 Å². The number of benzene rings is 2. The lowest BCUT2D eigenvalue weighted by Crippen LogP contribution is -2.20. The van der Waals surface area contributed by atoms with Gasteiger partial charge in [0.2, 0.25) is 0 Å². The summed E-state index contributed by atoms with van der Waals surface area (Å²) in [4.78, 5) is 4.81. The fraction of sp³-hybridized carbons (Fsp3) is 0.250. The number of nitrogens with one attached hydrogen (secondary N) is 1. The summed E-state index contributed by atoms with van der Waals surface area (Å²) in [5, 5.41) is 16.0. The van der Waals surface area contributed by atoms with Crippen molar-refractivity contribution in [3.05, 3.63) is 76.1 Å². The number of aliphatic hydroxyl groups is 1. The molecule has 0 bridgehead atoms. The van der Waals surface area contributed by atoms with Gasteiger partial charge in [-0.15, -0.1) is 11.3 Å². The maximum atomic E-state index is 9.11. The molecular formula is C20H22N2OS. The van der Waals surface area contributed by atoms with E-state index in [4.69, 9.17) is 10.1 Å². The highest BCUT2D eigenvalue weighted by Gasteiger charge is 2.14. The molecule has 24 heavy (non-hydrogen) atoms. The molecule has 1 heterocycles. The van der Waals surface area contributed by atoms with Crippen LogP contribution in [0.5, 0.6) is 0 Å². The van der Waals surface area contributed by atoms with Crippen LogP contribution in [0.25, 0.3) is 11.3 Å². The van der Waals surface area contributed by atoms with Gasteiger partial charge in [-0.2, -0.15) is 0 Å². The third-order valence-electron chi connectivity index (χ3n) is 4.06. The Morgan fingerprint density at radius 1 is 1.04 bits per heavy atom. The molecule has 0 amide bonds. The Hall–Kier alpha value is -2.01. The first-order chi connectivity index (χ1) is 11.8. The van der Waals surface area contributed by atoms with E-state index in [1.807, 2.05) is 30.3 Å². The number of hydrogen-bond donors (Lipinski definition) is 2. The molecule has 1 atom stereocenters. The summed E-state index contributed by atoms with van der Waals surface area (Å²) in [6.45, 7) is 3.06. The topological polar surface area (TPSA) is 45.1 Å². The van der Waals surface area contributed by atoms with E-state index >= 15 is 0 Å². The predicted octanol–water partition coefficient (Wildman–Crippen LogP) is 4.54. The van der Waals surface area contributed by atoms with E-state index in [0.717, 1.165) is 34.8 Å². The van der Waals surface area contributed by atoms with Crippen LogP contribution in [0.2, 0.25) is 0 Å². The minimum atomic E-state index is 0.0900. The number of nitrogens with zero attached hydrogens (tertiary/aromatic N) is 1. The monoisotopic (exact) mass is 338 g/mol. The molecule has 0 aliphatic rings. The fourth-order valence-corrected chi connectivity index (χ4v) is 3.59. The first-order valence-electron chi connectivity index (χ1n) is 8.23. The molecule has 0 saturated heterocycles. The molecular weight excluding hydrogens is 316 g/mol. The van der Waals surface area contributed by atoms with Crippen LogP contribution in [0.4, 0.5) is 0 Å². The highest BCUT2D eigenvalue weighted by molar-refractivity contribution is 7.10. The molecule has 4 heteroatoms. The summed E-state index contributed by atoms with van der Waals surface area (Å²) in [6, 6.07) is 18.6. The van der Waals surface area contributed by atoms with Crippen LogP contribution in [0.3, 0.4) is 0 Å². The van der Waals surface area contributed by atoms with Crippen molar-refractivity contribution in [1.29, 1.82) is 0 Å². The second-order valence-electron chi connectivity index (χ2n) is 5.75. The average Bonchev–Trinajstić information content (AvgIpc) is 3.13. The number of aromatic nitrogens is 1. The molecule has 0 aliphatic carbocycles. The van der Waals surface area contributed by atoms with E-state index in [2.05, 4.69) is 41.9 Å². The quantitative estimate of drug-likeness (QED) is 0.664. The van der Waals surface area contributed by atoms with Crippen molar-refractivity contribution >= 4 is 11.3 Å². The Balaban J connectivity index is 1.66. The predicted molar refractivity (Wildman–Crippen MR) is 99.8 cm³/mol. The average molecular weight is 338 g/mol. The summed E-state index contributed by atoms with van der Waals surface area (Å²) < 4.78 is 0. The molecule has 2 aromatic carbocycles. The lowest BCUT2D eigenvalue weighted by molar-refractivity contribution is 0.282. The minimum absolute atomic E-state index is 0.0900. The molecule has 0 aliphatic heterocycles. The smallest absolute Gasteiger partial charge is 0.110 e. The highest BCUT2D eigenvalue weighted by Crippen LogP contribution is 2.27. The lowest BCUT2D eigenvalue weighted by atomic mass is 10.1. The SMILES string of the molecule is CCC(NCc1ccc(CO)cc1)c1nc(-c2ccccc2)cs1. The van der Waals surface area contributed by atoms with Crippen LogP contribution in [-0.2, 0) is 13.2 Å². The van der Waals surface area contributed by atoms with Crippen molar-refractivity contribution in [2.45, 2.75) is 32.5 Å². The lowest BCUT2D eigenvalue weighted by Gasteiger charge is -2.14. The van der Waals surface area contributed by atoms with Gasteiger partial charge in [-0.25, -0.2) is 4.98 Å². The summed E-state index contributed by atoms with van der Waals surface area (Å²) in [5.41, 5.74) is 4.36. The van der Waals surface area contributed by atoms with Crippen molar-refractivity contribution in [1.82, 2.24) is 10.3 Å². The maximum Gasteiger partial charge on any atom is 0.110 e. The van der Waals surface area contributed by atoms with E-state index in [1.165, 1.54) is 5.56 Å². The van der Waals surface area contributed by atoms with Gasteiger partial charge in [-0.05, 0) is 17.5 Å². The van der Waals surface area contributed by atoms with Gasteiger partial charge in [0.1, 0.15) is 5.01 Å². The van der Waals surface area contributed by atoms with Gasteiger partial charge in [0.15, 0.2) is 0 Å². The molecule has 2 N–H and O–H groups in total. The van der Waals surface area contributed by atoms with E-state index in [9.17, 15) is 0 Å². The Labute approximate surface area is 147 Å². The molecule has 0 saturated carbocycles. The normalized spacial score (nSPS) is 12.2. The van der Waals surface area contributed by atoms with Crippen LogP contribution >= 0.6 is 11.3 Å². The van der Waals surface area contributed by atoms with Crippen molar-refractivity contribution < 1.29 is 5.11 Å². The number of aliphatic hydroxyl groups excluding tert-OH is 1. The molecule has 0 spiro atoms. The van der Waals surface area contributed by atoms with Gasteiger partial charge in [-0.3, -0.25) is 0 Å². The van der Waals surface area contributed by atoms with Gasteiger partial charge < -0.3 is 10.4 Å². The first-order valence-corrected chi connectivity index (χ1v) is 9.11. The molecule has 0 radical (unpaired) electrons. The van der Waals surface area contributed by atoms with Gasteiger partial charge in [0.05, 0.1) is 18.3 Å².